The van der Waals surface area contributed by atoms with E-state index in [4.69, 9.17) is 15.2 Å². The van der Waals surface area contributed by atoms with E-state index in [2.05, 4.69) is 0 Å². The average Bonchev–Trinajstić information content (AvgIpc) is 2.26. The third-order valence-corrected chi connectivity index (χ3v) is 2.19. The van der Waals surface area contributed by atoms with Gasteiger partial charge in [-0.15, -0.1) is 0 Å². The van der Waals surface area contributed by atoms with Gasteiger partial charge in [-0.2, -0.15) is 0 Å². The maximum atomic E-state index is 13.6. The van der Waals surface area contributed by atoms with Crippen molar-refractivity contribution in [3.8, 4) is 5.75 Å². The van der Waals surface area contributed by atoms with Gasteiger partial charge < -0.3 is 15.2 Å². The van der Waals surface area contributed by atoms with E-state index in [1.807, 2.05) is 0 Å². The molecule has 0 aliphatic rings. The predicted octanol–water partition coefficient (Wildman–Crippen LogP) is 2.18. The molecule has 0 aliphatic carbocycles. The number of hydrogen-bond donors (Lipinski definition) is 1. The third-order valence-electron chi connectivity index (χ3n) is 2.19. The lowest BCUT2D eigenvalue weighted by Gasteiger charge is -2.11. The lowest BCUT2D eigenvalue weighted by molar-refractivity contribution is -0.149. The van der Waals surface area contributed by atoms with Gasteiger partial charge >= 0.3 is 5.97 Å². The molecule has 4 nitrogen and oxygen atoms in total. The smallest absolute Gasteiger partial charge is 0.344 e. The van der Waals surface area contributed by atoms with Crippen LogP contribution in [0.3, 0.4) is 0 Å². The van der Waals surface area contributed by atoms with Gasteiger partial charge in [0.1, 0.15) is 0 Å². The minimum Gasteiger partial charge on any atom is -0.479 e. The summed E-state index contributed by atoms with van der Waals surface area (Å²) in [5.74, 6) is -1.05. The molecule has 0 unspecified atom stereocenters. The first-order valence-corrected chi connectivity index (χ1v) is 5.77. The van der Waals surface area contributed by atoms with Crippen molar-refractivity contribution in [2.24, 2.45) is 5.73 Å². The normalized spacial score (nSPS) is 12.3. The molecule has 1 rings (SSSR count). The Bertz CT molecular complexity index is 419. The van der Waals surface area contributed by atoms with Crippen molar-refractivity contribution in [3.05, 3.63) is 29.6 Å². The van der Waals surface area contributed by atoms with Crippen molar-refractivity contribution in [3.63, 3.8) is 0 Å². The molecule has 0 radical (unpaired) electrons. The van der Waals surface area contributed by atoms with Gasteiger partial charge in [0.15, 0.2) is 18.2 Å². The van der Waals surface area contributed by atoms with Crippen LogP contribution < -0.4 is 10.5 Å². The van der Waals surface area contributed by atoms with Gasteiger partial charge in [0.2, 0.25) is 0 Å². The second-order valence-electron chi connectivity index (χ2n) is 4.31. The fraction of sp³-hybridized carbons (Fsp3) is 0.462. The quantitative estimate of drug-likeness (QED) is 0.819. The van der Waals surface area contributed by atoms with Crippen LogP contribution in [0.4, 0.5) is 4.39 Å². The largest absolute Gasteiger partial charge is 0.479 e. The van der Waals surface area contributed by atoms with E-state index in [1.54, 1.807) is 26.8 Å². The van der Waals surface area contributed by atoms with Gasteiger partial charge in [-0.25, -0.2) is 9.18 Å². The fourth-order valence-corrected chi connectivity index (χ4v) is 1.35. The van der Waals surface area contributed by atoms with E-state index < -0.39 is 11.8 Å². The molecule has 2 N–H and O–H groups in total. The number of halogens is 1. The summed E-state index contributed by atoms with van der Waals surface area (Å²) in [7, 11) is 0. The highest BCUT2D eigenvalue weighted by Crippen LogP contribution is 2.21. The number of rotatable bonds is 5. The van der Waals surface area contributed by atoms with Crippen LogP contribution in [-0.4, -0.2) is 18.7 Å². The molecule has 0 aromatic heterocycles. The minimum atomic E-state index is -0.540. The van der Waals surface area contributed by atoms with Crippen LogP contribution in [0.15, 0.2) is 18.2 Å². The summed E-state index contributed by atoms with van der Waals surface area (Å²) in [5, 5.41) is 0. The van der Waals surface area contributed by atoms with Crippen molar-refractivity contribution in [1.82, 2.24) is 0 Å². The molecule has 0 spiro atoms. The summed E-state index contributed by atoms with van der Waals surface area (Å²) >= 11 is 0. The van der Waals surface area contributed by atoms with Crippen LogP contribution >= 0.6 is 0 Å². The Kier molecular flexibility index (Phi) is 5.09. The highest BCUT2D eigenvalue weighted by molar-refractivity contribution is 5.71. The molecule has 0 heterocycles. The number of esters is 1. The van der Waals surface area contributed by atoms with E-state index in [0.717, 1.165) is 0 Å². The van der Waals surface area contributed by atoms with E-state index >= 15 is 0 Å². The highest BCUT2D eigenvalue weighted by Gasteiger charge is 2.10. The first kappa shape index (κ1) is 14.4. The molecular weight excluding hydrogens is 237 g/mol. The average molecular weight is 255 g/mol. The number of ether oxygens (including phenoxy) is 2. The number of nitrogens with two attached hydrogens (primary N) is 1. The van der Waals surface area contributed by atoms with Crippen LogP contribution in [0, 0.1) is 5.82 Å². The maximum absolute atomic E-state index is 13.6. The summed E-state index contributed by atoms with van der Waals surface area (Å²) < 4.78 is 23.5. The number of carbonyl (C=O) groups excluding carboxylic acids is 1. The monoisotopic (exact) mass is 255 g/mol. The minimum absolute atomic E-state index is 0.0140. The van der Waals surface area contributed by atoms with E-state index in [0.29, 0.717) is 5.56 Å². The Balaban J connectivity index is 2.60. The molecular formula is C13H18FNO3. The second-order valence-corrected chi connectivity index (χ2v) is 4.31. The molecule has 1 aromatic carbocycles. The number of carbonyl (C=O) groups is 1. The van der Waals surface area contributed by atoms with Gasteiger partial charge in [0.05, 0.1) is 6.10 Å². The van der Waals surface area contributed by atoms with Crippen molar-refractivity contribution in [2.75, 3.05) is 6.61 Å². The Labute approximate surface area is 106 Å². The summed E-state index contributed by atoms with van der Waals surface area (Å²) in [5.41, 5.74) is 6.30. The van der Waals surface area contributed by atoms with Crippen LogP contribution in [0.5, 0.6) is 5.75 Å². The molecule has 0 fully saturated rings. The molecule has 0 amide bonds. The van der Waals surface area contributed by atoms with Crippen molar-refractivity contribution in [2.45, 2.75) is 32.9 Å². The third kappa shape index (κ3) is 4.33. The van der Waals surface area contributed by atoms with Gasteiger partial charge in [0, 0.05) is 6.04 Å². The van der Waals surface area contributed by atoms with Crippen LogP contribution in [-0.2, 0) is 9.53 Å². The van der Waals surface area contributed by atoms with Crippen LogP contribution in [0.25, 0.3) is 0 Å². The molecule has 5 heteroatoms. The van der Waals surface area contributed by atoms with E-state index in [-0.39, 0.29) is 24.5 Å². The Morgan fingerprint density at radius 1 is 1.39 bits per heavy atom. The molecule has 18 heavy (non-hydrogen) atoms. The topological polar surface area (TPSA) is 61.5 Å². The van der Waals surface area contributed by atoms with Crippen molar-refractivity contribution in [1.29, 1.82) is 0 Å². The molecule has 1 aromatic rings. The Hall–Kier alpha value is -1.62. The molecule has 0 saturated carbocycles. The van der Waals surface area contributed by atoms with E-state index in [9.17, 15) is 9.18 Å². The lowest BCUT2D eigenvalue weighted by atomic mass is 10.1. The maximum Gasteiger partial charge on any atom is 0.344 e. The first-order valence-electron chi connectivity index (χ1n) is 5.77. The second kappa shape index (κ2) is 6.35. The summed E-state index contributed by atoms with van der Waals surface area (Å²) in [6.07, 6.45) is -0.216. The molecule has 0 saturated heterocycles. The van der Waals surface area contributed by atoms with Gasteiger partial charge in [-0.3, -0.25) is 0 Å². The SMILES string of the molecule is CC(C)OC(=O)COc1ccc([C@@H](C)N)cc1F. The molecule has 1 atom stereocenters. The Morgan fingerprint density at radius 3 is 2.56 bits per heavy atom. The van der Waals surface area contributed by atoms with Crippen LogP contribution in [0.1, 0.15) is 32.4 Å². The number of hydrogen-bond acceptors (Lipinski definition) is 4. The molecule has 0 aliphatic heterocycles. The summed E-state index contributed by atoms with van der Waals surface area (Å²) in [6, 6.07) is 4.17. The Morgan fingerprint density at radius 2 is 2.06 bits per heavy atom. The van der Waals surface area contributed by atoms with Crippen LogP contribution in [0.2, 0.25) is 0 Å². The van der Waals surface area contributed by atoms with Gasteiger partial charge in [-0.05, 0) is 38.5 Å². The zero-order chi connectivity index (χ0) is 13.7. The first-order chi connectivity index (χ1) is 8.40. The van der Waals surface area contributed by atoms with Crippen molar-refractivity contribution < 1.29 is 18.7 Å². The van der Waals surface area contributed by atoms with Crippen molar-refractivity contribution >= 4 is 5.97 Å². The highest BCUT2D eigenvalue weighted by atomic mass is 19.1. The molecule has 0 bridgehead atoms. The predicted molar refractivity (Wildman–Crippen MR) is 65.7 cm³/mol. The number of benzene rings is 1. The zero-order valence-corrected chi connectivity index (χ0v) is 10.8. The van der Waals surface area contributed by atoms with Gasteiger partial charge in [0.25, 0.3) is 0 Å². The van der Waals surface area contributed by atoms with E-state index in [1.165, 1.54) is 12.1 Å². The standard InChI is InChI=1S/C13H18FNO3/c1-8(2)18-13(16)7-17-12-5-4-10(9(3)15)6-11(12)14/h4-6,8-9H,7,15H2,1-3H3/t9-/m1/s1. The summed E-state index contributed by atoms with van der Waals surface area (Å²) in [4.78, 5) is 11.2. The summed E-state index contributed by atoms with van der Waals surface area (Å²) in [6.45, 7) is 4.91. The zero-order valence-electron chi connectivity index (χ0n) is 10.8. The molecule has 100 valence electrons. The lowest BCUT2D eigenvalue weighted by Crippen LogP contribution is -2.19. The fourth-order valence-electron chi connectivity index (χ4n) is 1.35. The van der Waals surface area contributed by atoms with Gasteiger partial charge in [-0.1, -0.05) is 6.07 Å².